The third-order valence-electron chi connectivity index (χ3n) is 6.38. The van der Waals surface area contributed by atoms with E-state index >= 15 is 0 Å². The largest absolute Gasteiger partial charge is 0.587 e. The first kappa shape index (κ1) is 36.7. The number of nitrogens with one attached hydrogen (secondary N) is 4. The van der Waals surface area contributed by atoms with Crippen LogP contribution in [0.25, 0.3) is 22.3 Å². The highest BCUT2D eigenvalue weighted by molar-refractivity contribution is 14.1. The minimum Gasteiger partial charge on any atom is -0.394 e. The molecule has 2 unspecified atom stereocenters. The summed E-state index contributed by atoms with van der Waals surface area (Å²) in [7, 11) is -10.6. The molecule has 4 aromatic carbocycles. The second-order valence-corrected chi connectivity index (χ2v) is 14.0. The average Bonchev–Trinajstić information content (AvgIpc) is 3.04. The smallest absolute Gasteiger partial charge is 0.394 e. The number of benzene rings is 4. The Morgan fingerprint density at radius 3 is 1.67 bits per heavy atom. The van der Waals surface area contributed by atoms with Crippen LogP contribution >= 0.6 is 38.2 Å². The average molecular weight is 842 g/mol. The zero-order valence-corrected chi connectivity index (χ0v) is 29.6. The van der Waals surface area contributed by atoms with Crippen molar-refractivity contribution < 1.29 is 46.6 Å². The summed E-state index contributed by atoms with van der Waals surface area (Å²) in [4.78, 5) is 55.5. The van der Waals surface area contributed by atoms with Crippen LogP contribution in [0.15, 0.2) is 91.1 Å². The number of hydrogen-bond donors (Lipinski definition) is 8. The van der Waals surface area contributed by atoms with E-state index < -0.39 is 39.1 Å². The SMILES string of the molecule is N=C(N)Nc1ccc(C(=O)OP(=O)(O)Oc2cccc(OP(=O)(O)OC(=O)c3ccc(NC(=N)N)cc3)c2-c2ncc3cc([123I])ccc3n2)cc1. The molecule has 10 N–H and O–H groups in total. The number of guanidine groups is 2. The van der Waals surface area contributed by atoms with E-state index in [-0.39, 0.29) is 34.4 Å². The van der Waals surface area contributed by atoms with Crippen LogP contribution in [0.3, 0.4) is 0 Å². The van der Waals surface area contributed by atoms with Crippen LogP contribution in [0.1, 0.15) is 20.7 Å². The summed E-state index contributed by atoms with van der Waals surface area (Å²) in [6, 6.07) is 19.2. The Bertz CT molecular complexity index is 2160. The third-order valence-corrected chi connectivity index (χ3v) is 8.70. The standard InChI is InChI=1S/C30H25IN8O10P2/c31-19-8-13-22-18(14-19)15-36-26(39-22)25-23(46-50(42,43)48-27(40)16-4-9-20(10-5-16)37-29(32)33)2-1-3-24(25)47-51(44,45)49-28(41)17-6-11-21(12-7-17)38-30(34)35/h1-15H,(H,42,43)(H,44,45)(H4,32,33,37)(H4,34,35,38)/i31-4. The first-order valence-corrected chi connectivity index (χ1v) is 18.1. The molecule has 5 aromatic rings. The number of hydrogen-bond acceptors (Lipinski definition) is 12. The summed E-state index contributed by atoms with van der Waals surface area (Å²) in [6.07, 6.45) is 1.42. The van der Waals surface area contributed by atoms with E-state index in [1.807, 2.05) is 0 Å². The highest BCUT2D eigenvalue weighted by atomic mass is 123. The fraction of sp³-hybridized carbons (Fsp3) is 0. The zero-order chi connectivity index (χ0) is 36.9. The predicted molar refractivity (Wildman–Crippen MR) is 193 cm³/mol. The van der Waals surface area contributed by atoms with Crippen molar-refractivity contribution in [3.8, 4) is 22.9 Å². The first-order chi connectivity index (χ1) is 24.1. The van der Waals surface area contributed by atoms with E-state index in [0.29, 0.717) is 22.3 Å². The maximum Gasteiger partial charge on any atom is 0.587 e. The molecule has 5 rings (SSSR count). The molecule has 51 heavy (non-hydrogen) atoms. The summed E-state index contributed by atoms with van der Waals surface area (Å²) >= 11 is 2.10. The quantitative estimate of drug-likeness (QED) is 0.0368. The van der Waals surface area contributed by atoms with Crippen molar-refractivity contribution in [2.24, 2.45) is 11.5 Å². The van der Waals surface area contributed by atoms with Crippen LogP contribution in [0.2, 0.25) is 0 Å². The zero-order valence-electron chi connectivity index (χ0n) is 25.6. The van der Waals surface area contributed by atoms with Crippen LogP contribution in [0, 0.1) is 14.4 Å². The molecular weight excluding hydrogens is 817 g/mol. The van der Waals surface area contributed by atoms with Gasteiger partial charge in [-0.25, -0.2) is 28.7 Å². The lowest BCUT2D eigenvalue weighted by Crippen LogP contribution is -2.20. The lowest BCUT2D eigenvalue weighted by molar-refractivity contribution is 0.0670. The van der Waals surface area contributed by atoms with Crippen LogP contribution in [0.5, 0.6) is 11.5 Å². The van der Waals surface area contributed by atoms with E-state index in [1.165, 1.54) is 60.8 Å². The lowest BCUT2D eigenvalue weighted by atomic mass is 10.1. The Kier molecular flexibility index (Phi) is 10.9. The van der Waals surface area contributed by atoms with Crippen molar-refractivity contribution in [1.82, 2.24) is 9.97 Å². The van der Waals surface area contributed by atoms with E-state index in [1.54, 1.807) is 18.2 Å². The van der Waals surface area contributed by atoms with Crippen molar-refractivity contribution in [2.75, 3.05) is 10.6 Å². The number of phosphoric acid groups is 2. The van der Waals surface area contributed by atoms with E-state index in [4.69, 9.17) is 40.4 Å². The minimum absolute atomic E-state index is 0.153. The van der Waals surface area contributed by atoms with E-state index in [0.717, 1.165) is 15.7 Å². The molecule has 1 aromatic heterocycles. The Balaban J connectivity index is 1.45. The van der Waals surface area contributed by atoms with Gasteiger partial charge in [0, 0.05) is 26.5 Å². The fourth-order valence-corrected chi connectivity index (χ4v) is 6.32. The molecular formula is C30H25IN8O10P2. The molecule has 1 heterocycles. The normalized spacial score (nSPS) is 13.2. The van der Waals surface area contributed by atoms with Gasteiger partial charge in [0.1, 0.15) is 17.1 Å². The van der Waals surface area contributed by atoms with Crippen LogP contribution in [-0.4, -0.2) is 43.6 Å². The van der Waals surface area contributed by atoms with Crippen LogP contribution in [-0.2, 0) is 18.2 Å². The van der Waals surface area contributed by atoms with Gasteiger partial charge in [-0.3, -0.25) is 20.6 Å². The summed E-state index contributed by atoms with van der Waals surface area (Å²) in [6.45, 7) is 0. The summed E-state index contributed by atoms with van der Waals surface area (Å²) in [5.41, 5.74) is 11.1. The van der Waals surface area contributed by atoms with Gasteiger partial charge >= 0.3 is 27.6 Å². The number of anilines is 2. The molecule has 18 nitrogen and oxygen atoms in total. The molecule has 0 radical (unpaired) electrons. The van der Waals surface area contributed by atoms with Crippen molar-refractivity contribution in [2.45, 2.75) is 0 Å². The van der Waals surface area contributed by atoms with Crippen molar-refractivity contribution in [3.05, 3.63) is 106 Å². The molecule has 0 aliphatic rings. The summed E-state index contributed by atoms with van der Waals surface area (Å²) < 4.78 is 47.3. The number of fused-ring (bicyclic) bond motifs is 1. The second-order valence-electron chi connectivity index (χ2n) is 10.1. The Labute approximate surface area is 301 Å². The Morgan fingerprint density at radius 2 is 1.22 bits per heavy atom. The van der Waals surface area contributed by atoms with Crippen molar-refractivity contribution in [1.29, 1.82) is 10.8 Å². The Morgan fingerprint density at radius 1 is 0.745 bits per heavy atom. The molecule has 0 aliphatic heterocycles. The minimum atomic E-state index is -5.29. The van der Waals surface area contributed by atoms with Crippen LogP contribution < -0.4 is 31.1 Å². The number of phosphoric ester groups is 2. The molecule has 0 bridgehead atoms. The maximum absolute atomic E-state index is 13.1. The highest BCUT2D eigenvalue weighted by Gasteiger charge is 2.35. The van der Waals surface area contributed by atoms with Gasteiger partial charge in [0.05, 0.1) is 16.6 Å². The molecule has 0 fully saturated rings. The van der Waals surface area contributed by atoms with Crippen molar-refractivity contribution >= 4 is 84.4 Å². The molecule has 0 aliphatic carbocycles. The predicted octanol–water partition coefficient (Wildman–Crippen LogP) is 5.18. The molecule has 0 amide bonds. The molecule has 21 heteroatoms. The number of carbonyl (C=O) groups excluding carboxylic acids is 2. The summed E-state index contributed by atoms with van der Waals surface area (Å²) in [5.74, 6) is -4.45. The van der Waals surface area contributed by atoms with Gasteiger partial charge in [-0.05, 0) is 101 Å². The maximum atomic E-state index is 13.1. The second kappa shape index (κ2) is 15.1. The number of halogens is 1. The van der Waals surface area contributed by atoms with Crippen LogP contribution in [0.4, 0.5) is 11.4 Å². The van der Waals surface area contributed by atoms with E-state index in [9.17, 15) is 28.5 Å². The number of nitrogens with two attached hydrogens (primary N) is 2. The van der Waals surface area contributed by atoms with Crippen molar-refractivity contribution in [3.63, 3.8) is 0 Å². The van der Waals surface area contributed by atoms with Gasteiger partial charge in [0.2, 0.25) is 0 Å². The first-order valence-electron chi connectivity index (χ1n) is 14.1. The van der Waals surface area contributed by atoms with Gasteiger partial charge in [-0.15, -0.1) is 0 Å². The molecule has 0 spiro atoms. The topological polar surface area (TPSA) is 295 Å². The van der Waals surface area contributed by atoms with E-state index in [2.05, 4.69) is 43.2 Å². The number of carbonyl (C=O) groups is 2. The van der Waals surface area contributed by atoms with Gasteiger partial charge in [0.15, 0.2) is 17.7 Å². The van der Waals surface area contributed by atoms with Gasteiger partial charge in [0.25, 0.3) is 0 Å². The monoisotopic (exact) mass is 842 g/mol. The fourth-order valence-electron chi connectivity index (χ4n) is 4.30. The molecule has 0 saturated heterocycles. The molecule has 2 atom stereocenters. The lowest BCUT2D eigenvalue weighted by Gasteiger charge is -2.19. The number of aromatic nitrogens is 2. The van der Waals surface area contributed by atoms with Gasteiger partial charge < -0.3 is 40.2 Å². The Hall–Kier alpha value is -5.59. The number of nitrogens with zero attached hydrogens (tertiary/aromatic N) is 2. The molecule has 0 saturated carbocycles. The van der Waals surface area contributed by atoms with Gasteiger partial charge in [-0.1, -0.05) is 6.07 Å². The molecule has 262 valence electrons. The summed E-state index contributed by atoms with van der Waals surface area (Å²) in [5, 5.41) is 20.2. The van der Waals surface area contributed by atoms with Gasteiger partial charge in [-0.2, -0.15) is 0 Å². The third kappa shape index (κ3) is 9.77. The highest BCUT2D eigenvalue weighted by Crippen LogP contribution is 2.52. The number of rotatable bonds is 11.